The van der Waals surface area contributed by atoms with Gasteiger partial charge in [0.15, 0.2) is 11.6 Å². The molecule has 2 nitrogen and oxygen atoms in total. The van der Waals surface area contributed by atoms with Crippen molar-refractivity contribution in [3.63, 3.8) is 0 Å². The molecule has 1 rings (SSSR count). The van der Waals surface area contributed by atoms with E-state index in [0.717, 1.165) is 13.0 Å². The van der Waals surface area contributed by atoms with E-state index in [1.54, 1.807) is 12.1 Å². The average Bonchev–Trinajstić information content (AvgIpc) is 2.25. The first-order chi connectivity index (χ1) is 8.40. The van der Waals surface area contributed by atoms with Crippen molar-refractivity contribution in [1.82, 2.24) is 5.32 Å². The highest BCUT2D eigenvalue weighted by Crippen LogP contribution is 2.26. The van der Waals surface area contributed by atoms with Gasteiger partial charge in [-0.2, -0.15) is 0 Å². The van der Waals surface area contributed by atoms with Crippen LogP contribution in [-0.2, 0) is 0 Å². The molecule has 0 aliphatic carbocycles. The van der Waals surface area contributed by atoms with Gasteiger partial charge in [0.1, 0.15) is 6.61 Å². The largest absolute Gasteiger partial charge is 0.488 e. The Labute approximate surface area is 113 Å². The highest BCUT2D eigenvalue weighted by Gasteiger charge is 2.09. The van der Waals surface area contributed by atoms with Gasteiger partial charge >= 0.3 is 0 Å². The van der Waals surface area contributed by atoms with Gasteiger partial charge in [-0.3, -0.25) is 0 Å². The van der Waals surface area contributed by atoms with Gasteiger partial charge in [-0.05, 0) is 30.5 Å². The third-order valence-corrected chi connectivity index (χ3v) is 2.79. The fraction of sp³-hybridized carbons (Fsp3) is 0.571. The first-order valence-electron chi connectivity index (χ1n) is 6.18. The fourth-order valence-electron chi connectivity index (χ4n) is 1.43. The Morgan fingerprint density at radius 2 is 2.00 bits per heavy atom. The second kappa shape index (κ2) is 6.95. The lowest BCUT2D eigenvalue weighted by molar-refractivity contribution is 0.292. The second-order valence-corrected chi connectivity index (χ2v) is 5.87. The van der Waals surface area contributed by atoms with Crippen molar-refractivity contribution in [1.29, 1.82) is 0 Å². The number of hydrogen-bond acceptors (Lipinski definition) is 2. The summed E-state index contributed by atoms with van der Waals surface area (Å²) in [7, 11) is 0. The number of nitrogens with one attached hydrogen (secondary N) is 1. The Hall–Kier alpha value is -0.800. The summed E-state index contributed by atoms with van der Waals surface area (Å²) < 4.78 is 18.7. The standard InChI is InChI=1S/C14H21ClFNO/c1-14(2,3)7-8-17-9-10-18-13-11(15)5-4-6-12(13)16/h4-6,17H,7-10H2,1-3H3. The third-order valence-electron chi connectivity index (χ3n) is 2.50. The molecule has 1 aromatic rings. The molecule has 0 amide bonds. The summed E-state index contributed by atoms with van der Waals surface area (Å²) in [5, 5.41) is 3.57. The summed E-state index contributed by atoms with van der Waals surface area (Å²) in [6.07, 6.45) is 1.09. The molecule has 0 atom stereocenters. The van der Waals surface area contributed by atoms with Crippen molar-refractivity contribution < 1.29 is 9.13 Å². The van der Waals surface area contributed by atoms with Crippen molar-refractivity contribution in [3.8, 4) is 5.75 Å². The van der Waals surface area contributed by atoms with Crippen LogP contribution < -0.4 is 10.1 Å². The van der Waals surface area contributed by atoms with Crippen molar-refractivity contribution in [2.75, 3.05) is 19.7 Å². The van der Waals surface area contributed by atoms with Crippen LogP contribution in [-0.4, -0.2) is 19.7 Å². The van der Waals surface area contributed by atoms with Gasteiger partial charge in [-0.15, -0.1) is 0 Å². The van der Waals surface area contributed by atoms with Crippen LogP contribution in [0.4, 0.5) is 4.39 Å². The molecular weight excluding hydrogens is 253 g/mol. The number of rotatable bonds is 6. The Kier molecular flexibility index (Phi) is 5.89. The summed E-state index contributed by atoms with van der Waals surface area (Å²) in [6, 6.07) is 4.52. The molecule has 0 aromatic heterocycles. The van der Waals surface area contributed by atoms with Crippen LogP contribution in [0.25, 0.3) is 0 Å². The number of ether oxygens (including phenoxy) is 1. The molecule has 0 aliphatic rings. The zero-order valence-corrected chi connectivity index (χ0v) is 12.0. The van der Waals surface area contributed by atoms with E-state index >= 15 is 0 Å². The molecule has 0 aliphatic heterocycles. The number of para-hydroxylation sites is 1. The zero-order chi connectivity index (χ0) is 13.6. The van der Waals surface area contributed by atoms with Gasteiger partial charge in [0.25, 0.3) is 0 Å². The SMILES string of the molecule is CC(C)(C)CCNCCOc1c(F)cccc1Cl. The van der Waals surface area contributed by atoms with E-state index in [0.29, 0.717) is 23.6 Å². The second-order valence-electron chi connectivity index (χ2n) is 5.46. The highest BCUT2D eigenvalue weighted by molar-refractivity contribution is 6.32. The lowest BCUT2D eigenvalue weighted by Gasteiger charge is -2.18. The first-order valence-corrected chi connectivity index (χ1v) is 6.55. The van der Waals surface area contributed by atoms with Gasteiger partial charge < -0.3 is 10.1 Å². The van der Waals surface area contributed by atoms with Gasteiger partial charge in [0.05, 0.1) is 5.02 Å². The maximum absolute atomic E-state index is 13.4. The van der Waals surface area contributed by atoms with Crippen LogP contribution in [0.2, 0.25) is 5.02 Å². The predicted molar refractivity (Wildman–Crippen MR) is 73.8 cm³/mol. The van der Waals surface area contributed by atoms with Crippen LogP contribution in [0.5, 0.6) is 5.75 Å². The lowest BCUT2D eigenvalue weighted by atomic mass is 9.92. The van der Waals surface area contributed by atoms with Gasteiger partial charge in [0, 0.05) is 6.54 Å². The minimum absolute atomic E-state index is 0.136. The minimum Gasteiger partial charge on any atom is -0.488 e. The van der Waals surface area contributed by atoms with Crippen molar-refractivity contribution in [3.05, 3.63) is 29.0 Å². The third kappa shape index (κ3) is 5.69. The molecule has 0 saturated heterocycles. The normalized spacial score (nSPS) is 11.6. The molecule has 0 radical (unpaired) electrons. The minimum atomic E-state index is -0.419. The molecule has 18 heavy (non-hydrogen) atoms. The summed E-state index contributed by atoms with van der Waals surface area (Å²) >= 11 is 5.84. The maximum Gasteiger partial charge on any atom is 0.173 e. The molecule has 0 fully saturated rings. The Balaban J connectivity index is 2.22. The first kappa shape index (κ1) is 15.3. The fourth-order valence-corrected chi connectivity index (χ4v) is 1.65. The molecule has 1 aromatic carbocycles. The van der Waals surface area contributed by atoms with Gasteiger partial charge in [-0.1, -0.05) is 38.4 Å². The van der Waals surface area contributed by atoms with E-state index in [1.165, 1.54) is 6.07 Å². The van der Waals surface area contributed by atoms with Crippen molar-refractivity contribution in [2.24, 2.45) is 5.41 Å². The summed E-state index contributed by atoms with van der Waals surface area (Å²) in [4.78, 5) is 0. The molecule has 0 heterocycles. The molecular formula is C14H21ClFNO. The summed E-state index contributed by atoms with van der Waals surface area (Å²) in [5.74, 6) is -0.283. The van der Waals surface area contributed by atoms with Crippen molar-refractivity contribution in [2.45, 2.75) is 27.2 Å². The van der Waals surface area contributed by atoms with E-state index in [-0.39, 0.29) is 5.75 Å². The molecule has 102 valence electrons. The molecule has 0 saturated carbocycles. The number of benzene rings is 1. The lowest BCUT2D eigenvalue weighted by Crippen LogP contribution is -2.25. The molecule has 0 bridgehead atoms. The smallest absolute Gasteiger partial charge is 0.173 e. The van der Waals surface area contributed by atoms with Gasteiger partial charge in [-0.25, -0.2) is 4.39 Å². The summed E-state index contributed by atoms with van der Waals surface area (Å²) in [6.45, 7) is 8.61. The quantitative estimate of drug-likeness (QED) is 0.794. The molecule has 0 spiro atoms. The number of hydrogen-bond donors (Lipinski definition) is 1. The van der Waals surface area contributed by atoms with Gasteiger partial charge in [0.2, 0.25) is 0 Å². The van der Waals surface area contributed by atoms with Crippen LogP contribution in [0.15, 0.2) is 18.2 Å². The monoisotopic (exact) mass is 273 g/mol. The molecule has 4 heteroatoms. The Morgan fingerprint density at radius 1 is 1.28 bits per heavy atom. The Morgan fingerprint density at radius 3 is 2.61 bits per heavy atom. The molecule has 0 unspecified atom stereocenters. The van der Waals surface area contributed by atoms with Crippen molar-refractivity contribution >= 4 is 11.6 Å². The van der Waals surface area contributed by atoms with E-state index in [9.17, 15) is 4.39 Å². The number of halogens is 2. The average molecular weight is 274 g/mol. The maximum atomic E-state index is 13.4. The van der Waals surface area contributed by atoms with Crippen LogP contribution in [0.1, 0.15) is 27.2 Å². The van der Waals surface area contributed by atoms with Crippen LogP contribution >= 0.6 is 11.6 Å². The zero-order valence-electron chi connectivity index (χ0n) is 11.2. The van der Waals surface area contributed by atoms with E-state index in [4.69, 9.17) is 16.3 Å². The Bertz CT molecular complexity index is 356. The summed E-state index contributed by atoms with van der Waals surface area (Å²) in [5.41, 5.74) is 0.322. The van der Waals surface area contributed by atoms with E-state index < -0.39 is 5.82 Å². The topological polar surface area (TPSA) is 21.3 Å². The van der Waals surface area contributed by atoms with Crippen LogP contribution in [0.3, 0.4) is 0 Å². The van der Waals surface area contributed by atoms with E-state index in [1.807, 2.05) is 0 Å². The predicted octanol–water partition coefficient (Wildman–Crippen LogP) is 3.88. The van der Waals surface area contributed by atoms with E-state index in [2.05, 4.69) is 26.1 Å². The highest BCUT2D eigenvalue weighted by atomic mass is 35.5. The van der Waals surface area contributed by atoms with Crippen LogP contribution in [0, 0.1) is 11.2 Å². The molecule has 1 N–H and O–H groups in total.